The number of fused-ring (bicyclic) bond motifs is 1. The first-order chi connectivity index (χ1) is 11.5. The van der Waals surface area contributed by atoms with Crippen molar-refractivity contribution in [1.82, 2.24) is 14.8 Å². The minimum Gasteiger partial charge on any atom is -0.390 e. The van der Waals surface area contributed by atoms with E-state index in [-0.39, 0.29) is 12.5 Å². The molecule has 0 saturated heterocycles. The van der Waals surface area contributed by atoms with Gasteiger partial charge in [0, 0.05) is 25.6 Å². The highest BCUT2D eigenvalue weighted by Crippen LogP contribution is 2.23. The summed E-state index contributed by atoms with van der Waals surface area (Å²) in [7, 11) is 1.75. The van der Waals surface area contributed by atoms with Crippen LogP contribution in [-0.4, -0.2) is 25.8 Å². The van der Waals surface area contributed by atoms with Crippen LogP contribution in [0, 0.1) is 0 Å². The second kappa shape index (κ2) is 6.29. The van der Waals surface area contributed by atoms with Crippen molar-refractivity contribution in [3.8, 4) is 0 Å². The second-order valence-corrected chi connectivity index (χ2v) is 5.66. The molecule has 0 fully saturated rings. The van der Waals surface area contributed by atoms with Gasteiger partial charge in [-0.3, -0.25) is 9.48 Å². The molecule has 0 aliphatic rings. The van der Waals surface area contributed by atoms with E-state index in [0.29, 0.717) is 23.7 Å². The van der Waals surface area contributed by atoms with Crippen molar-refractivity contribution in [2.24, 2.45) is 7.05 Å². The molecule has 3 rings (SSSR count). The van der Waals surface area contributed by atoms with Gasteiger partial charge in [-0.2, -0.15) is 5.10 Å². The summed E-state index contributed by atoms with van der Waals surface area (Å²) in [6.07, 6.45) is 1.73. The third kappa shape index (κ3) is 3.07. The lowest BCUT2D eigenvalue weighted by Gasteiger charge is -2.20. The number of aliphatic hydroxyl groups is 1. The summed E-state index contributed by atoms with van der Waals surface area (Å²) >= 11 is 0. The third-order valence-corrected chi connectivity index (χ3v) is 3.82. The van der Waals surface area contributed by atoms with Crippen LogP contribution in [0.1, 0.15) is 18.2 Å². The fourth-order valence-corrected chi connectivity index (χ4v) is 2.69. The number of aromatic nitrogens is 3. The predicted molar refractivity (Wildman–Crippen MR) is 92.2 cm³/mol. The van der Waals surface area contributed by atoms with Gasteiger partial charge in [-0.15, -0.1) is 0 Å². The Bertz CT molecular complexity index is 903. The minimum atomic E-state index is -0.226. The molecule has 0 spiro atoms. The SMILES string of the molecule is CC(=O)N(Cc1ccc2ccc(N)nc2c1)c1cn(C)nc1CO. The molecular weight excluding hydrogens is 306 g/mol. The molecule has 0 atom stereocenters. The molecule has 124 valence electrons. The number of amides is 1. The summed E-state index contributed by atoms with van der Waals surface area (Å²) in [6.45, 7) is 1.63. The number of hydrogen-bond acceptors (Lipinski definition) is 5. The molecule has 0 bridgehead atoms. The van der Waals surface area contributed by atoms with Gasteiger partial charge in [0.25, 0.3) is 0 Å². The van der Waals surface area contributed by atoms with Crippen molar-refractivity contribution < 1.29 is 9.90 Å². The molecule has 3 N–H and O–H groups in total. The molecule has 0 aliphatic carbocycles. The van der Waals surface area contributed by atoms with Gasteiger partial charge in [0.05, 0.1) is 24.4 Å². The van der Waals surface area contributed by atoms with E-state index in [2.05, 4.69) is 10.1 Å². The fourth-order valence-electron chi connectivity index (χ4n) is 2.69. The Kier molecular flexibility index (Phi) is 4.18. The van der Waals surface area contributed by atoms with E-state index < -0.39 is 0 Å². The average Bonchev–Trinajstić information content (AvgIpc) is 2.92. The lowest BCUT2D eigenvalue weighted by molar-refractivity contribution is -0.116. The van der Waals surface area contributed by atoms with Gasteiger partial charge in [0.2, 0.25) is 5.91 Å². The number of pyridine rings is 1. The van der Waals surface area contributed by atoms with Crippen molar-refractivity contribution in [1.29, 1.82) is 0 Å². The summed E-state index contributed by atoms with van der Waals surface area (Å²) in [6, 6.07) is 9.48. The zero-order chi connectivity index (χ0) is 17.3. The van der Waals surface area contributed by atoms with Gasteiger partial charge < -0.3 is 15.7 Å². The molecule has 0 radical (unpaired) electrons. The van der Waals surface area contributed by atoms with Crippen molar-refractivity contribution in [3.63, 3.8) is 0 Å². The number of rotatable bonds is 4. The Morgan fingerprint density at radius 3 is 2.79 bits per heavy atom. The van der Waals surface area contributed by atoms with Crippen LogP contribution in [0.25, 0.3) is 10.9 Å². The third-order valence-electron chi connectivity index (χ3n) is 3.82. The van der Waals surface area contributed by atoms with E-state index >= 15 is 0 Å². The minimum absolute atomic E-state index is 0.127. The lowest BCUT2D eigenvalue weighted by atomic mass is 10.1. The molecule has 3 aromatic rings. The number of nitrogens with zero attached hydrogens (tertiary/aromatic N) is 4. The Labute approximate surface area is 139 Å². The molecule has 1 amide bonds. The van der Waals surface area contributed by atoms with Crippen LogP contribution in [-0.2, 0) is 25.0 Å². The van der Waals surface area contributed by atoms with Crippen LogP contribution in [0.2, 0.25) is 0 Å². The summed E-state index contributed by atoms with van der Waals surface area (Å²) in [4.78, 5) is 18.0. The van der Waals surface area contributed by atoms with E-state index in [9.17, 15) is 9.90 Å². The monoisotopic (exact) mass is 325 g/mol. The number of anilines is 2. The molecule has 7 nitrogen and oxygen atoms in total. The Morgan fingerprint density at radius 2 is 2.08 bits per heavy atom. The summed E-state index contributed by atoms with van der Waals surface area (Å²) in [5.41, 5.74) is 8.52. The van der Waals surface area contributed by atoms with E-state index in [1.807, 2.05) is 24.3 Å². The maximum atomic E-state index is 12.1. The van der Waals surface area contributed by atoms with Crippen molar-refractivity contribution >= 4 is 28.3 Å². The van der Waals surface area contributed by atoms with Gasteiger partial charge in [-0.1, -0.05) is 12.1 Å². The Morgan fingerprint density at radius 1 is 1.33 bits per heavy atom. The largest absolute Gasteiger partial charge is 0.390 e. The summed E-state index contributed by atoms with van der Waals surface area (Å²) in [5.74, 6) is 0.330. The molecule has 1 aromatic carbocycles. The summed E-state index contributed by atoms with van der Waals surface area (Å²) < 4.78 is 1.58. The van der Waals surface area contributed by atoms with Crippen LogP contribution in [0.15, 0.2) is 36.5 Å². The van der Waals surface area contributed by atoms with E-state index in [0.717, 1.165) is 16.5 Å². The first-order valence-electron chi connectivity index (χ1n) is 7.54. The van der Waals surface area contributed by atoms with Crippen LogP contribution < -0.4 is 10.6 Å². The molecule has 24 heavy (non-hydrogen) atoms. The number of carbonyl (C=O) groups excluding carboxylic acids is 1. The maximum Gasteiger partial charge on any atom is 0.224 e. The smallest absolute Gasteiger partial charge is 0.224 e. The van der Waals surface area contributed by atoms with Gasteiger partial charge in [-0.25, -0.2) is 4.98 Å². The molecule has 0 saturated carbocycles. The number of benzene rings is 1. The standard InChI is InChI=1S/C17H19N5O2/c1-11(24)22(16-9-21(2)20-15(16)10-23)8-12-3-4-13-5-6-17(18)19-14(13)7-12/h3-7,9,23H,8,10H2,1-2H3,(H2,18,19). The van der Waals surface area contributed by atoms with Gasteiger partial charge in [0.1, 0.15) is 11.5 Å². The van der Waals surface area contributed by atoms with Crippen molar-refractivity contribution in [3.05, 3.63) is 47.8 Å². The molecule has 0 aliphatic heterocycles. The quantitative estimate of drug-likeness (QED) is 0.759. The van der Waals surface area contributed by atoms with Crippen molar-refractivity contribution in [2.75, 3.05) is 10.6 Å². The topological polar surface area (TPSA) is 97.3 Å². The lowest BCUT2D eigenvalue weighted by Crippen LogP contribution is -2.28. The molecule has 7 heteroatoms. The molecule has 0 unspecified atom stereocenters. The molecule has 2 aromatic heterocycles. The normalized spacial score (nSPS) is 11.0. The number of hydrogen-bond donors (Lipinski definition) is 2. The highest BCUT2D eigenvalue weighted by atomic mass is 16.3. The predicted octanol–water partition coefficient (Wildman–Crippen LogP) is 1.60. The first-order valence-corrected chi connectivity index (χ1v) is 7.54. The molecular formula is C17H19N5O2. The number of nitrogen functional groups attached to an aromatic ring is 1. The highest BCUT2D eigenvalue weighted by molar-refractivity contribution is 5.92. The van der Waals surface area contributed by atoms with E-state index in [4.69, 9.17) is 5.73 Å². The van der Waals surface area contributed by atoms with Crippen LogP contribution in [0.3, 0.4) is 0 Å². The zero-order valence-electron chi connectivity index (χ0n) is 13.6. The van der Waals surface area contributed by atoms with Crippen LogP contribution in [0.4, 0.5) is 11.5 Å². The van der Waals surface area contributed by atoms with Crippen molar-refractivity contribution in [2.45, 2.75) is 20.1 Å². The first kappa shape index (κ1) is 15.9. The fraction of sp³-hybridized carbons (Fsp3) is 0.235. The van der Waals surface area contributed by atoms with Gasteiger partial charge in [0.15, 0.2) is 0 Å². The number of nitrogens with two attached hydrogens (primary N) is 1. The van der Waals surface area contributed by atoms with E-state index in [1.54, 1.807) is 28.9 Å². The maximum absolute atomic E-state index is 12.1. The highest BCUT2D eigenvalue weighted by Gasteiger charge is 2.19. The second-order valence-electron chi connectivity index (χ2n) is 5.66. The van der Waals surface area contributed by atoms with Crippen LogP contribution in [0.5, 0.6) is 0 Å². The zero-order valence-corrected chi connectivity index (χ0v) is 13.6. The number of aliphatic hydroxyl groups excluding tert-OH is 1. The average molecular weight is 325 g/mol. The van der Waals surface area contributed by atoms with Gasteiger partial charge >= 0.3 is 0 Å². The Hall–Kier alpha value is -2.93. The molecule has 2 heterocycles. The van der Waals surface area contributed by atoms with Crippen LogP contribution >= 0.6 is 0 Å². The van der Waals surface area contributed by atoms with Gasteiger partial charge in [-0.05, 0) is 23.8 Å². The number of carbonyl (C=O) groups is 1. The number of aryl methyl sites for hydroxylation is 1. The summed E-state index contributed by atoms with van der Waals surface area (Å²) in [5, 5.41) is 14.6. The van der Waals surface area contributed by atoms with E-state index in [1.165, 1.54) is 6.92 Å². The Balaban J connectivity index is 1.97.